The number of carbonyl (C=O) groups excluding carboxylic acids is 1. The van der Waals surface area contributed by atoms with E-state index in [9.17, 15) is 4.79 Å². The van der Waals surface area contributed by atoms with E-state index in [0.717, 1.165) is 33.0 Å². The van der Waals surface area contributed by atoms with Crippen LogP contribution in [-0.2, 0) is 6.61 Å². The maximum absolute atomic E-state index is 12.7. The zero-order valence-corrected chi connectivity index (χ0v) is 19.8. The summed E-state index contributed by atoms with van der Waals surface area (Å²) in [7, 11) is 0. The van der Waals surface area contributed by atoms with Crippen molar-refractivity contribution in [2.45, 2.75) is 6.61 Å². The van der Waals surface area contributed by atoms with E-state index >= 15 is 0 Å². The van der Waals surface area contributed by atoms with Gasteiger partial charge in [-0.1, -0.05) is 72.8 Å². The standard InChI is InChI=1S/C30H23N5O2/c36-30(35-32-18-22-17-31-26-14-5-3-12-24(22)26)28-16-27(33-34-28)25-13-4-6-15-29(25)37-19-21-10-7-9-20-8-1-2-11-23(20)21/h1-18,31H,19H2,(H,33,34)(H,35,36)/b32-18-. The number of aromatic amines is 2. The zero-order valence-electron chi connectivity index (χ0n) is 19.8. The molecule has 37 heavy (non-hydrogen) atoms. The smallest absolute Gasteiger partial charge is 0.289 e. The minimum absolute atomic E-state index is 0.301. The fourth-order valence-electron chi connectivity index (χ4n) is 4.38. The molecule has 7 nitrogen and oxygen atoms in total. The Morgan fingerprint density at radius 1 is 0.919 bits per heavy atom. The van der Waals surface area contributed by atoms with Gasteiger partial charge in [0.25, 0.3) is 5.91 Å². The van der Waals surface area contributed by atoms with Crippen molar-refractivity contribution in [2.75, 3.05) is 0 Å². The monoisotopic (exact) mass is 485 g/mol. The molecule has 0 spiro atoms. The van der Waals surface area contributed by atoms with Crippen molar-refractivity contribution in [1.82, 2.24) is 20.6 Å². The second kappa shape index (κ2) is 9.83. The largest absolute Gasteiger partial charge is 0.488 e. The number of nitrogens with zero attached hydrogens (tertiary/aromatic N) is 2. The van der Waals surface area contributed by atoms with E-state index in [-0.39, 0.29) is 5.91 Å². The fourth-order valence-corrected chi connectivity index (χ4v) is 4.38. The maximum atomic E-state index is 12.7. The normalized spacial score (nSPS) is 11.4. The van der Waals surface area contributed by atoms with Crippen LogP contribution in [0.25, 0.3) is 32.9 Å². The highest BCUT2D eigenvalue weighted by atomic mass is 16.5. The van der Waals surface area contributed by atoms with Gasteiger partial charge in [-0.05, 0) is 40.6 Å². The molecule has 2 heterocycles. The first-order chi connectivity index (χ1) is 18.3. The summed E-state index contributed by atoms with van der Waals surface area (Å²) in [5.41, 5.74) is 7.26. The molecule has 0 aliphatic heterocycles. The lowest BCUT2D eigenvalue weighted by atomic mass is 10.1. The van der Waals surface area contributed by atoms with Gasteiger partial charge >= 0.3 is 0 Å². The molecule has 0 saturated heterocycles. The third kappa shape index (κ3) is 4.58. The van der Waals surface area contributed by atoms with Gasteiger partial charge in [-0.2, -0.15) is 10.2 Å². The van der Waals surface area contributed by atoms with E-state index in [1.165, 1.54) is 5.39 Å². The summed E-state index contributed by atoms with van der Waals surface area (Å²) < 4.78 is 6.22. The minimum Gasteiger partial charge on any atom is -0.488 e. The molecule has 2 aromatic heterocycles. The highest BCUT2D eigenvalue weighted by Crippen LogP contribution is 2.30. The number of para-hydroxylation sites is 2. The summed E-state index contributed by atoms with van der Waals surface area (Å²) in [5, 5.41) is 14.6. The number of H-pyrrole nitrogens is 2. The van der Waals surface area contributed by atoms with Gasteiger partial charge in [0.2, 0.25) is 0 Å². The van der Waals surface area contributed by atoms with Crippen molar-refractivity contribution in [2.24, 2.45) is 5.10 Å². The summed E-state index contributed by atoms with van der Waals surface area (Å²) in [5.74, 6) is 0.301. The van der Waals surface area contributed by atoms with E-state index in [4.69, 9.17) is 4.74 Å². The predicted molar refractivity (Wildman–Crippen MR) is 146 cm³/mol. The third-order valence-electron chi connectivity index (χ3n) is 6.24. The summed E-state index contributed by atoms with van der Waals surface area (Å²) in [4.78, 5) is 15.8. The molecule has 0 fully saturated rings. The van der Waals surface area contributed by atoms with Crippen LogP contribution in [0.3, 0.4) is 0 Å². The lowest BCUT2D eigenvalue weighted by Gasteiger charge is -2.12. The third-order valence-corrected chi connectivity index (χ3v) is 6.24. The van der Waals surface area contributed by atoms with E-state index in [0.29, 0.717) is 23.7 Å². The van der Waals surface area contributed by atoms with Gasteiger partial charge in [0.1, 0.15) is 18.1 Å². The molecule has 0 bridgehead atoms. The number of amides is 1. The van der Waals surface area contributed by atoms with Crippen molar-refractivity contribution in [3.8, 4) is 17.0 Å². The van der Waals surface area contributed by atoms with Gasteiger partial charge in [-0.3, -0.25) is 9.89 Å². The molecule has 0 saturated carbocycles. The Labute approximate surface area is 212 Å². The number of hydrogen-bond donors (Lipinski definition) is 3. The Kier molecular flexibility index (Phi) is 5.93. The van der Waals surface area contributed by atoms with Crippen LogP contribution in [0.2, 0.25) is 0 Å². The molecule has 0 aliphatic rings. The molecule has 6 rings (SSSR count). The van der Waals surface area contributed by atoms with E-state index in [1.54, 1.807) is 12.3 Å². The highest BCUT2D eigenvalue weighted by Gasteiger charge is 2.14. The van der Waals surface area contributed by atoms with Crippen molar-refractivity contribution in [3.05, 3.63) is 120 Å². The van der Waals surface area contributed by atoms with Crippen LogP contribution in [0.15, 0.2) is 108 Å². The molecular formula is C30H23N5O2. The summed E-state index contributed by atoms with van der Waals surface area (Å²) >= 11 is 0. The van der Waals surface area contributed by atoms with Gasteiger partial charge in [0, 0.05) is 28.2 Å². The Hall–Kier alpha value is -5.17. The predicted octanol–water partition coefficient (Wildman–Crippen LogP) is 6.05. The molecule has 0 aliphatic carbocycles. The Balaban J connectivity index is 1.17. The van der Waals surface area contributed by atoms with Gasteiger partial charge < -0.3 is 9.72 Å². The summed E-state index contributed by atoms with van der Waals surface area (Å²) in [6.07, 6.45) is 3.47. The second-order valence-electron chi connectivity index (χ2n) is 8.58. The highest BCUT2D eigenvalue weighted by molar-refractivity contribution is 6.00. The average Bonchev–Trinajstić information content (AvgIpc) is 3.60. The maximum Gasteiger partial charge on any atom is 0.289 e. The lowest BCUT2D eigenvalue weighted by Crippen LogP contribution is -2.17. The second-order valence-corrected chi connectivity index (χ2v) is 8.58. The van der Waals surface area contributed by atoms with Crippen LogP contribution < -0.4 is 10.2 Å². The topological polar surface area (TPSA) is 95.2 Å². The number of nitrogens with one attached hydrogen (secondary N) is 3. The number of hydrogen-bond acceptors (Lipinski definition) is 4. The van der Waals surface area contributed by atoms with Crippen molar-refractivity contribution >= 4 is 33.8 Å². The number of fused-ring (bicyclic) bond motifs is 2. The first-order valence-electron chi connectivity index (χ1n) is 11.9. The molecule has 0 unspecified atom stereocenters. The number of ether oxygens (including phenoxy) is 1. The molecule has 3 N–H and O–H groups in total. The summed E-state index contributed by atoms with van der Waals surface area (Å²) in [6.45, 7) is 0.415. The molecule has 0 radical (unpaired) electrons. The van der Waals surface area contributed by atoms with Crippen molar-refractivity contribution in [1.29, 1.82) is 0 Å². The first-order valence-corrected chi connectivity index (χ1v) is 11.9. The first kappa shape index (κ1) is 22.3. The molecule has 7 heteroatoms. The minimum atomic E-state index is -0.385. The lowest BCUT2D eigenvalue weighted by molar-refractivity contribution is 0.0950. The number of rotatable bonds is 7. The molecule has 0 atom stereocenters. The quantitative estimate of drug-likeness (QED) is 0.190. The van der Waals surface area contributed by atoms with Crippen LogP contribution in [0, 0.1) is 0 Å². The van der Waals surface area contributed by atoms with Crippen molar-refractivity contribution in [3.63, 3.8) is 0 Å². The SMILES string of the molecule is O=C(N/N=C\c1c[nH]c2ccccc12)c1cc(-c2ccccc2OCc2cccc3ccccc23)n[nH]1. The van der Waals surface area contributed by atoms with Crippen LogP contribution >= 0.6 is 0 Å². The molecule has 6 aromatic rings. The van der Waals surface area contributed by atoms with E-state index < -0.39 is 0 Å². The fraction of sp³-hybridized carbons (Fsp3) is 0.0333. The van der Waals surface area contributed by atoms with Gasteiger partial charge in [-0.15, -0.1) is 0 Å². The van der Waals surface area contributed by atoms with Crippen LogP contribution in [0.4, 0.5) is 0 Å². The molecule has 4 aromatic carbocycles. The van der Waals surface area contributed by atoms with E-state index in [1.807, 2.05) is 72.9 Å². The van der Waals surface area contributed by atoms with E-state index in [2.05, 4.69) is 50.0 Å². The molecular weight excluding hydrogens is 462 g/mol. The van der Waals surface area contributed by atoms with Crippen molar-refractivity contribution < 1.29 is 9.53 Å². The zero-order chi connectivity index (χ0) is 25.0. The molecule has 1 amide bonds. The van der Waals surface area contributed by atoms with Crippen LogP contribution in [0.5, 0.6) is 5.75 Å². The number of carbonyl (C=O) groups is 1. The average molecular weight is 486 g/mol. The van der Waals surface area contributed by atoms with Crippen LogP contribution in [-0.4, -0.2) is 27.3 Å². The van der Waals surface area contributed by atoms with Crippen LogP contribution in [0.1, 0.15) is 21.6 Å². The van der Waals surface area contributed by atoms with Gasteiger partial charge in [-0.25, -0.2) is 5.43 Å². The number of hydrazone groups is 1. The number of aromatic nitrogens is 3. The number of benzene rings is 4. The van der Waals surface area contributed by atoms with Gasteiger partial charge in [0.15, 0.2) is 0 Å². The summed E-state index contributed by atoms with van der Waals surface area (Å²) in [6, 6.07) is 31.7. The Bertz CT molecular complexity index is 1740. The Morgan fingerprint density at radius 2 is 1.70 bits per heavy atom. The molecule has 180 valence electrons. The Morgan fingerprint density at radius 3 is 2.65 bits per heavy atom. The van der Waals surface area contributed by atoms with Gasteiger partial charge in [0.05, 0.1) is 11.9 Å².